The van der Waals surface area contributed by atoms with Crippen LogP contribution in [-0.2, 0) is 5.41 Å². The molecule has 1 aliphatic heterocycles. The van der Waals surface area contributed by atoms with Crippen LogP contribution < -0.4 is 15.2 Å². The first-order chi connectivity index (χ1) is 13.7. The van der Waals surface area contributed by atoms with Crippen LogP contribution >= 0.6 is 0 Å². The molecule has 1 aromatic carbocycles. The molecule has 6 rings (SSSR count). The number of aromatic nitrogens is 5. The van der Waals surface area contributed by atoms with Gasteiger partial charge in [0.1, 0.15) is 23.3 Å². The molecule has 1 N–H and O–H groups in total. The van der Waals surface area contributed by atoms with E-state index >= 15 is 0 Å². The van der Waals surface area contributed by atoms with Crippen molar-refractivity contribution in [3.63, 3.8) is 0 Å². The van der Waals surface area contributed by atoms with Gasteiger partial charge in [0.15, 0.2) is 5.65 Å². The molecule has 8 heteroatoms. The fourth-order valence-electron chi connectivity index (χ4n) is 3.85. The zero-order valence-corrected chi connectivity index (χ0v) is 14.8. The van der Waals surface area contributed by atoms with Gasteiger partial charge < -0.3 is 14.5 Å². The molecule has 4 aromatic rings. The number of H-pyrrole nitrogens is 1. The van der Waals surface area contributed by atoms with Crippen molar-refractivity contribution in [2.24, 2.45) is 0 Å². The molecule has 0 amide bonds. The summed E-state index contributed by atoms with van der Waals surface area (Å²) in [6.07, 6.45) is 6.81. The molecule has 0 unspecified atom stereocenters. The summed E-state index contributed by atoms with van der Waals surface area (Å²) in [7, 11) is 0. The van der Waals surface area contributed by atoms with Crippen molar-refractivity contribution in [3.05, 3.63) is 65.1 Å². The second-order valence-electron chi connectivity index (χ2n) is 7.18. The van der Waals surface area contributed by atoms with Crippen molar-refractivity contribution in [1.29, 1.82) is 0 Å². The number of pyridine rings is 1. The van der Waals surface area contributed by atoms with Crippen molar-refractivity contribution in [2.75, 3.05) is 6.61 Å². The zero-order valence-electron chi connectivity index (χ0n) is 14.8. The van der Waals surface area contributed by atoms with Crippen LogP contribution in [0.3, 0.4) is 0 Å². The number of aromatic amines is 1. The van der Waals surface area contributed by atoms with Gasteiger partial charge in [0.2, 0.25) is 5.88 Å². The number of benzene rings is 1. The van der Waals surface area contributed by atoms with Gasteiger partial charge in [0, 0.05) is 17.0 Å². The van der Waals surface area contributed by atoms with Gasteiger partial charge in [-0.25, -0.2) is 24.3 Å². The lowest BCUT2D eigenvalue weighted by molar-refractivity contribution is 0.323. The minimum atomic E-state index is -0.292. The summed E-state index contributed by atoms with van der Waals surface area (Å²) >= 11 is 0. The van der Waals surface area contributed by atoms with Crippen LogP contribution in [0.4, 0.5) is 0 Å². The molecule has 1 saturated carbocycles. The van der Waals surface area contributed by atoms with Crippen LogP contribution in [0.1, 0.15) is 18.4 Å². The minimum Gasteiger partial charge on any atom is -0.492 e. The molecule has 2 aliphatic rings. The Morgan fingerprint density at radius 3 is 2.89 bits per heavy atom. The van der Waals surface area contributed by atoms with Crippen molar-refractivity contribution in [1.82, 2.24) is 24.5 Å². The molecular formula is C20H15N5O3. The number of hydrogen-bond acceptors (Lipinski definition) is 6. The van der Waals surface area contributed by atoms with E-state index in [1.165, 1.54) is 10.9 Å². The molecule has 28 heavy (non-hydrogen) atoms. The highest BCUT2D eigenvalue weighted by molar-refractivity contribution is 5.71. The third-order valence-corrected chi connectivity index (χ3v) is 5.42. The van der Waals surface area contributed by atoms with Crippen LogP contribution in [0.25, 0.3) is 16.9 Å². The lowest BCUT2D eigenvalue weighted by Gasteiger charge is -2.12. The summed E-state index contributed by atoms with van der Waals surface area (Å²) in [5.41, 5.74) is 2.64. The minimum absolute atomic E-state index is 0.114. The Morgan fingerprint density at radius 1 is 1.14 bits per heavy atom. The average molecular weight is 373 g/mol. The van der Waals surface area contributed by atoms with Gasteiger partial charge in [-0.05, 0) is 31.0 Å². The van der Waals surface area contributed by atoms with Crippen LogP contribution in [0.2, 0.25) is 0 Å². The lowest BCUT2D eigenvalue weighted by Crippen LogP contribution is -2.15. The van der Waals surface area contributed by atoms with E-state index in [-0.39, 0.29) is 11.1 Å². The Bertz CT molecular complexity index is 1270. The van der Waals surface area contributed by atoms with Gasteiger partial charge in [0.05, 0.1) is 24.7 Å². The Hall–Kier alpha value is -3.68. The first-order valence-electron chi connectivity index (χ1n) is 9.05. The molecule has 3 aromatic heterocycles. The summed E-state index contributed by atoms with van der Waals surface area (Å²) in [4.78, 5) is 27.5. The zero-order chi connectivity index (χ0) is 18.7. The van der Waals surface area contributed by atoms with Crippen LogP contribution in [0, 0.1) is 0 Å². The van der Waals surface area contributed by atoms with E-state index < -0.39 is 0 Å². The monoisotopic (exact) mass is 373 g/mol. The van der Waals surface area contributed by atoms with E-state index in [4.69, 9.17) is 9.47 Å². The number of ether oxygens (including phenoxy) is 2. The van der Waals surface area contributed by atoms with Gasteiger partial charge >= 0.3 is 5.69 Å². The summed E-state index contributed by atoms with van der Waals surface area (Å²) in [6, 6.07) is 9.39. The standard InChI is InChI=1S/C20H15N5O3/c26-19-24-13-9-21-11-23-18(13)25(19)12-4-5-16(22-8-12)28-15-3-1-2-14-17(15)20(6-7-20)10-27-14/h1-5,8-9,11H,6-7,10H2,(H,24,26). The summed E-state index contributed by atoms with van der Waals surface area (Å²) in [6.45, 7) is 0.723. The van der Waals surface area contributed by atoms with Crippen LogP contribution in [-0.4, -0.2) is 31.1 Å². The average Bonchev–Trinajstić information content (AvgIpc) is 3.28. The van der Waals surface area contributed by atoms with Gasteiger partial charge in [-0.1, -0.05) is 6.07 Å². The molecule has 4 heterocycles. The molecule has 1 aliphatic carbocycles. The summed E-state index contributed by atoms with van der Waals surface area (Å²) < 4.78 is 13.4. The number of nitrogens with one attached hydrogen (secondary N) is 1. The third-order valence-electron chi connectivity index (χ3n) is 5.42. The Kier molecular flexibility index (Phi) is 2.98. The van der Waals surface area contributed by atoms with E-state index in [0.717, 1.165) is 36.5 Å². The first kappa shape index (κ1) is 15.4. The Morgan fingerprint density at radius 2 is 2.07 bits per heavy atom. The maximum atomic E-state index is 12.3. The van der Waals surface area contributed by atoms with Gasteiger partial charge in [-0.3, -0.25) is 0 Å². The highest BCUT2D eigenvalue weighted by Crippen LogP contribution is 2.58. The van der Waals surface area contributed by atoms with Gasteiger partial charge in [-0.15, -0.1) is 0 Å². The van der Waals surface area contributed by atoms with Crippen molar-refractivity contribution in [3.8, 4) is 23.1 Å². The van der Waals surface area contributed by atoms with Gasteiger partial charge in [-0.2, -0.15) is 0 Å². The fraction of sp³-hybridized carbons (Fsp3) is 0.200. The molecular weight excluding hydrogens is 358 g/mol. The van der Waals surface area contributed by atoms with E-state index in [9.17, 15) is 4.79 Å². The molecule has 1 spiro atoms. The smallest absolute Gasteiger partial charge is 0.332 e. The third kappa shape index (κ3) is 2.17. The quantitative estimate of drug-likeness (QED) is 0.593. The number of hydrogen-bond donors (Lipinski definition) is 1. The lowest BCUT2D eigenvalue weighted by atomic mass is 9.97. The highest BCUT2D eigenvalue weighted by atomic mass is 16.5. The van der Waals surface area contributed by atoms with E-state index in [0.29, 0.717) is 22.7 Å². The molecule has 0 saturated heterocycles. The highest BCUT2D eigenvalue weighted by Gasteiger charge is 2.52. The molecule has 138 valence electrons. The SMILES string of the molecule is O=c1[nH]c2cncnc2n1-c1ccc(Oc2cccc3c2C2(CC2)CO3)nc1. The van der Waals surface area contributed by atoms with E-state index in [1.54, 1.807) is 24.5 Å². The topological polar surface area (TPSA) is 94.9 Å². The number of fused-ring (bicyclic) bond motifs is 3. The summed E-state index contributed by atoms with van der Waals surface area (Å²) in [5, 5.41) is 0. The molecule has 0 atom stereocenters. The second kappa shape index (κ2) is 5.41. The molecule has 0 radical (unpaired) electrons. The Labute approximate surface area is 158 Å². The number of rotatable bonds is 3. The van der Waals surface area contributed by atoms with Crippen LogP contribution in [0.15, 0.2) is 53.8 Å². The van der Waals surface area contributed by atoms with Gasteiger partial charge in [0.25, 0.3) is 0 Å². The molecule has 8 nitrogen and oxygen atoms in total. The summed E-state index contributed by atoms with van der Waals surface area (Å²) in [5.74, 6) is 2.14. The number of imidazole rings is 1. The van der Waals surface area contributed by atoms with Crippen molar-refractivity contribution < 1.29 is 9.47 Å². The normalized spacial score (nSPS) is 16.1. The second-order valence-corrected chi connectivity index (χ2v) is 7.18. The van der Waals surface area contributed by atoms with E-state index in [2.05, 4.69) is 19.9 Å². The van der Waals surface area contributed by atoms with Crippen LogP contribution in [0.5, 0.6) is 17.4 Å². The largest absolute Gasteiger partial charge is 0.492 e. The first-order valence-corrected chi connectivity index (χ1v) is 9.05. The fourth-order valence-corrected chi connectivity index (χ4v) is 3.85. The van der Waals surface area contributed by atoms with E-state index in [1.807, 2.05) is 18.2 Å². The maximum absolute atomic E-state index is 12.3. The predicted molar refractivity (Wildman–Crippen MR) is 100 cm³/mol. The Balaban J connectivity index is 1.36. The molecule has 0 bridgehead atoms. The molecule has 1 fully saturated rings. The number of nitrogens with zero attached hydrogens (tertiary/aromatic N) is 4. The van der Waals surface area contributed by atoms with Crippen molar-refractivity contribution in [2.45, 2.75) is 18.3 Å². The van der Waals surface area contributed by atoms with Crippen molar-refractivity contribution >= 4 is 11.2 Å². The maximum Gasteiger partial charge on any atom is 0.332 e. The predicted octanol–water partition coefficient (Wildman–Crippen LogP) is 2.72.